The van der Waals surface area contributed by atoms with Gasteiger partial charge in [0.1, 0.15) is 0 Å². The van der Waals surface area contributed by atoms with E-state index in [-0.39, 0.29) is 5.91 Å². The minimum atomic E-state index is 0.0270. The lowest BCUT2D eigenvalue weighted by Gasteiger charge is -2.35. The largest absolute Gasteiger partial charge is 0.340 e. The highest BCUT2D eigenvalue weighted by Gasteiger charge is 2.40. The summed E-state index contributed by atoms with van der Waals surface area (Å²) in [5.41, 5.74) is 3.10. The Morgan fingerprint density at radius 1 is 1.04 bits per heavy atom. The van der Waals surface area contributed by atoms with Gasteiger partial charge in [0, 0.05) is 38.3 Å². The number of carbonyl (C=O) groups excluding carboxylic acids is 2. The number of piperazine rings is 1. The van der Waals surface area contributed by atoms with Gasteiger partial charge in [-0.05, 0) is 62.0 Å². The van der Waals surface area contributed by atoms with Crippen LogP contribution in [0.1, 0.15) is 43.2 Å². The molecule has 152 valence electrons. The third-order valence-corrected chi connectivity index (χ3v) is 7.16. The molecule has 3 fully saturated rings. The van der Waals surface area contributed by atoms with Crippen molar-refractivity contribution in [2.24, 2.45) is 17.8 Å². The van der Waals surface area contributed by atoms with Gasteiger partial charge in [-0.25, -0.2) is 0 Å². The molecule has 0 aromatic heterocycles. The van der Waals surface area contributed by atoms with Gasteiger partial charge in [0.05, 0.1) is 6.54 Å². The van der Waals surface area contributed by atoms with Gasteiger partial charge < -0.3 is 10.2 Å². The maximum absolute atomic E-state index is 12.7. The Bertz CT molecular complexity index is 719. The molecule has 2 bridgehead atoms. The van der Waals surface area contributed by atoms with E-state index in [2.05, 4.69) is 10.2 Å². The standard InChI is InChI=1S/C23H33N3O2/c1-16-4-3-5-17(2)23(16)24-21(27)15-25-8-10-26(11-9-25)22(28)14-20-13-18-6-7-19(20)12-18/h3-5,18-20H,6-15H2,1-2H3,(H,24,27)/t18-,19+,20+/m0/s1. The first-order chi connectivity index (χ1) is 13.5. The van der Waals surface area contributed by atoms with Crippen molar-refractivity contribution in [3.05, 3.63) is 29.3 Å². The lowest BCUT2D eigenvalue weighted by Crippen LogP contribution is -2.50. The predicted molar refractivity (Wildman–Crippen MR) is 111 cm³/mol. The molecule has 0 unspecified atom stereocenters. The van der Waals surface area contributed by atoms with Gasteiger partial charge >= 0.3 is 0 Å². The van der Waals surface area contributed by atoms with E-state index in [0.29, 0.717) is 18.4 Å². The van der Waals surface area contributed by atoms with Crippen LogP contribution < -0.4 is 5.32 Å². The molecule has 28 heavy (non-hydrogen) atoms. The molecule has 2 amide bonds. The molecule has 1 aromatic rings. The third kappa shape index (κ3) is 4.24. The van der Waals surface area contributed by atoms with Crippen molar-refractivity contribution < 1.29 is 9.59 Å². The third-order valence-electron chi connectivity index (χ3n) is 7.16. The molecular weight excluding hydrogens is 350 g/mol. The Morgan fingerprint density at radius 2 is 1.75 bits per heavy atom. The molecular formula is C23H33N3O2. The first-order valence-electron chi connectivity index (χ1n) is 10.9. The number of rotatable bonds is 5. The molecule has 1 heterocycles. The number of benzene rings is 1. The number of para-hydroxylation sites is 1. The van der Waals surface area contributed by atoms with E-state index in [1.54, 1.807) is 0 Å². The van der Waals surface area contributed by atoms with Gasteiger partial charge in [-0.1, -0.05) is 24.6 Å². The van der Waals surface area contributed by atoms with Crippen molar-refractivity contribution in [3.8, 4) is 0 Å². The van der Waals surface area contributed by atoms with Crippen LogP contribution in [0.25, 0.3) is 0 Å². The molecule has 0 spiro atoms. The fraction of sp³-hybridized carbons (Fsp3) is 0.652. The molecule has 2 aliphatic carbocycles. The van der Waals surface area contributed by atoms with Crippen LogP contribution >= 0.6 is 0 Å². The Hall–Kier alpha value is -1.88. The maximum atomic E-state index is 12.7. The number of aryl methyl sites for hydroxylation is 2. The Balaban J connectivity index is 1.22. The van der Waals surface area contributed by atoms with Gasteiger partial charge in [0.15, 0.2) is 0 Å². The highest BCUT2D eigenvalue weighted by molar-refractivity contribution is 5.93. The summed E-state index contributed by atoms with van der Waals surface area (Å²) in [6, 6.07) is 6.04. The molecule has 1 N–H and O–H groups in total. The Kier molecular flexibility index (Phi) is 5.72. The quantitative estimate of drug-likeness (QED) is 0.849. The molecule has 0 radical (unpaired) electrons. The van der Waals surface area contributed by atoms with Crippen LogP contribution in [0.4, 0.5) is 5.69 Å². The second kappa shape index (κ2) is 8.24. The monoisotopic (exact) mass is 383 g/mol. The fourth-order valence-electron chi connectivity index (χ4n) is 5.53. The first-order valence-corrected chi connectivity index (χ1v) is 10.9. The van der Waals surface area contributed by atoms with Crippen molar-refractivity contribution in [2.75, 3.05) is 38.0 Å². The average molecular weight is 384 g/mol. The first kappa shape index (κ1) is 19.4. The highest BCUT2D eigenvalue weighted by atomic mass is 16.2. The molecule has 1 saturated heterocycles. The van der Waals surface area contributed by atoms with Crippen LogP contribution in [0.15, 0.2) is 18.2 Å². The van der Waals surface area contributed by atoms with Crippen LogP contribution in [-0.4, -0.2) is 54.3 Å². The van der Waals surface area contributed by atoms with Gasteiger partial charge in [0.2, 0.25) is 11.8 Å². The van der Waals surface area contributed by atoms with Gasteiger partial charge in [-0.2, -0.15) is 0 Å². The Labute approximate surface area is 168 Å². The van der Waals surface area contributed by atoms with Crippen molar-refractivity contribution in [1.82, 2.24) is 9.80 Å². The number of hydrogen-bond donors (Lipinski definition) is 1. The summed E-state index contributed by atoms with van der Waals surface area (Å²) in [7, 11) is 0. The van der Waals surface area contributed by atoms with Crippen LogP contribution in [-0.2, 0) is 9.59 Å². The summed E-state index contributed by atoms with van der Waals surface area (Å²) in [5.74, 6) is 2.70. The average Bonchev–Trinajstić information content (AvgIpc) is 3.28. The summed E-state index contributed by atoms with van der Waals surface area (Å²) in [4.78, 5) is 29.4. The molecule has 1 aliphatic heterocycles. The zero-order valence-electron chi connectivity index (χ0n) is 17.2. The van der Waals surface area contributed by atoms with Crippen LogP contribution in [0.2, 0.25) is 0 Å². The molecule has 5 heteroatoms. The number of carbonyl (C=O) groups is 2. The van der Waals surface area contributed by atoms with E-state index in [1.807, 2.05) is 36.9 Å². The van der Waals surface area contributed by atoms with Crippen molar-refractivity contribution in [2.45, 2.75) is 46.0 Å². The minimum absolute atomic E-state index is 0.0270. The van der Waals surface area contributed by atoms with Gasteiger partial charge in [-0.3, -0.25) is 14.5 Å². The molecule has 4 rings (SSSR count). The minimum Gasteiger partial charge on any atom is -0.340 e. The second-order valence-corrected chi connectivity index (χ2v) is 9.11. The molecule has 3 atom stereocenters. The summed E-state index contributed by atoms with van der Waals surface area (Å²) >= 11 is 0. The van der Waals surface area contributed by atoms with Crippen molar-refractivity contribution in [3.63, 3.8) is 0 Å². The zero-order valence-corrected chi connectivity index (χ0v) is 17.2. The van der Waals surface area contributed by atoms with Crippen LogP contribution in [0.3, 0.4) is 0 Å². The topological polar surface area (TPSA) is 52.7 Å². The summed E-state index contributed by atoms with van der Waals surface area (Å²) < 4.78 is 0. The highest BCUT2D eigenvalue weighted by Crippen LogP contribution is 2.49. The summed E-state index contributed by atoms with van der Waals surface area (Å²) in [6.07, 6.45) is 6.11. The summed E-state index contributed by atoms with van der Waals surface area (Å²) in [6.45, 7) is 7.48. The van der Waals surface area contributed by atoms with E-state index >= 15 is 0 Å². The van der Waals surface area contributed by atoms with Gasteiger partial charge in [0.25, 0.3) is 0 Å². The van der Waals surface area contributed by atoms with Crippen molar-refractivity contribution in [1.29, 1.82) is 0 Å². The SMILES string of the molecule is Cc1cccc(C)c1NC(=O)CN1CCN(C(=O)C[C@H]2C[C@H]3CC[C@@H]2C3)CC1. The maximum Gasteiger partial charge on any atom is 0.238 e. The molecule has 3 aliphatic rings. The number of fused-ring (bicyclic) bond motifs is 2. The van der Waals surface area contributed by atoms with E-state index in [1.165, 1.54) is 25.7 Å². The lowest BCUT2D eigenvalue weighted by molar-refractivity contribution is -0.134. The number of nitrogens with zero attached hydrogens (tertiary/aromatic N) is 2. The van der Waals surface area contributed by atoms with E-state index in [0.717, 1.165) is 61.2 Å². The smallest absolute Gasteiger partial charge is 0.238 e. The second-order valence-electron chi connectivity index (χ2n) is 9.11. The molecule has 1 aromatic carbocycles. The predicted octanol–water partition coefficient (Wildman–Crippen LogP) is 3.21. The molecule has 5 nitrogen and oxygen atoms in total. The van der Waals surface area contributed by atoms with E-state index in [4.69, 9.17) is 0 Å². The number of hydrogen-bond acceptors (Lipinski definition) is 3. The van der Waals surface area contributed by atoms with E-state index < -0.39 is 0 Å². The fourth-order valence-corrected chi connectivity index (χ4v) is 5.53. The summed E-state index contributed by atoms with van der Waals surface area (Å²) in [5, 5.41) is 3.06. The van der Waals surface area contributed by atoms with Gasteiger partial charge in [-0.15, -0.1) is 0 Å². The van der Waals surface area contributed by atoms with Crippen molar-refractivity contribution >= 4 is 17.5 Å². The number of anilines is 1. The Morgan fingerprint density at radius 3 is 2.36 bits per heavy atom. The normalized spacial score (nSPS) is 27.2. The van der Waals surface area contributed by atoms with Crippen LogP contribution in [0, 0.1) is 31.6 Å². The van der Waals surface area contributed by atoms with Crippen LogP contribution in [0.5, 0.6) is 0 Å². The number of nitrogens with one attached hydrogen (secondary N) is 1. The zero-order chi connectivity index (χ0) is 19.7. The number of amides is 2. The lowest BCUT2D eigenvalue weighted by atomic mass is 9.86. The molecule has 2 saturated carbocycles. The van der Waals surface area contributed by atoms with E-state index in [9.17, 15) is 9.59 Å².